The van der Waals surface area contributed by atoms with Gasteiger partial charge in [0.05, 0.1) is 10.6 Å². The van der Waals surface area contributed by atoms with Crippen molar-refractivity contribution >= 4 is 45.1 Å². The molecule has 2 rings (SSSR count). The minimum atomic E-state index is -0.548. The Labute approximate surface area is 135 Å². The molecule has 1 N–H and O–H groups in total. The molecule has 0 aliphatic rings. The summed E-state index contributed by atoms with van der Waals surface area (Å²) in [5, 5.41) is 2.94. The average Bonchev–Trinajstić information content (AvgIpc) is 2.43. The van der Waals surface area contributed by atoms with Crippen molar-refractivity contribution in [2.45, 2.75) is 6.92 Å². The van der Waals surface area contributed by atoms with Crippen LogP contribution >= 0.6 is 27.5 Å². The van der Waals surface area contributed by atoms with Crippen molar-refractivity contribution < 1.29 is 14.3 Å². The van der Waals surface area contributed by atoms with Gasteiger partial charge in [0.1, 0.15) is 5.75 Å². The first kappa shape index (κ1) is 15.5. The zero-order valence-corrected chi connectivity index (χ0v) is 13.4. The predicted octanol–water partition coefficient (Wildman–Crippen LogP) is 4.28. The molecule has 2 aromatic carbocycles. The van der Waals surface area contributed by atoms with E-state index < -0.39 is 5.97 Å². The summed E-state index contributed by atoms with van der Waals surface area (Å²) in [5.74, 6) is -0.348. The lowest BCUT2D eigenvalue weighted by atomic mass is 10.2. The van der Waals surface area contributed by atoms with Crippen LogP contribution in [0, 0.1) is 0 Å². The number of carbonyl (C=O) groups is 2. The maximum Gasteiger partial charge on any atom is 0.345 e. The molecule has 2 aromatic rings. The van der Waals surface area contributed by atoms with Gasteiger partial charge in [0, 0.05) is 17.1 Å². The lowest BCUT2D eigenvalue weighted by Crippen LogP contribution is -2.09. The Bertz CT molecular complexity index is 686. The van der Waals surface area contributed by atoms with Crippen LogP contribution in [0.5, 0.6) is 5.75 Å². The number of esters is 1. The van der Waals surface area contributed by atoms with Crippen LogP contribution in [-0.4, -0.2) is 11.9 Å². The molecule has 21 heavy (non-hydrogen) atoms. The van der Waals surface area contributed by atoms with Gasteiger partial charge >= 0.3 is 5.97 Å². The standard InChI is InChI=1S/C15H11BrClNO3/c1-9(19)18-11-3-5-12(6-4-11)21-15(20)13-8-10(16)2-7-14(13)17/h2-8H,1H3,(H,18,19). The van der Waals surface area contributed by atoms with Gasteiger partial charge in [0.25, 0.3) is 0 Å². The van der Waals surface area contributed by atoms with Gasteiger partial charge in [0.15, 0.2) is 0 Å². The number of benzene rings is 2. The molecule has 0 spiro atoms. The van der Waals surface area contributed by atoms with Gasteiger partial charge in [-0.05, 0) is 42.5 Å². The molecular weight excluding hydrogens is 358 g/mol. The van der Waals surface area contributed by atoms with Gasteiger partial charge in [0.2, 0.25) is 5.91 Å². The summed E-state index contributed by atoms with van der Waals surface area (Å²) in [6.45, 7) is 1.42. The highest BCUT2D eigenvalue weighted by molar-refractivity contribution is 9.10. The maximum absolute atomic E-state index is 12.1. The molecule has 6 heteroatoms. The van der Waals surface area contributed by atoms with Gasteiger partial charge in [-0.15, -0.1) is 0 Å². The summed E-state index contributed by atoms with van der Waals surface area (Å²) in [6.07, 6.45) is 0. The Kier molecular flexibility index (Phi) is 4.98. The van der Waals surface area contributed by atoms with E-state index in [1.807, 2.05) is 0 Å². The lowest BCUT2D eigenvalue weighted by molar-refractivity contribution is -0.114. The maximum atomic E-state index is 12.1. The number of carbonyl (C=O) groups excluding carboxylic acids is 2. The van der Waals surface area contributed by atoms with Gasteiger partial charge in [-0.1, -0.05) is 27.5 Å². The van der Waals surface area contributed by atoms with E-state index in [1.54, 1.807) is 42.5 Å². The number of nitrogens with one attached hydrogen (secondary N) is 1. The number of rotatable bonds is 3. The SMILES string of the molecule is CC(=O)Nc1ccc(OC(=O)c2cc(Br)ccc2Cl)cc1. The molecule has 108 valence electrons. The van der Waals surface area contributed by atoms with Gasteiger partial charge in [-0.3, -0.25) is 4.79 Å². The van der Waals surface area contributed by atoms with Crippen molar-refractivity contribution in [2.24, 2.45) is 0 Å². The molecule has 0 saturated heterocycles. The fraction of sp³-hybridized carbons (Fsp3) is 0.0667. The van der Waals surface area contributed by atoms with E-state index in [2.05, 4.69) is 21.2 Å². The molecule has 0 aliphatic heterocycles. The van der Waals surface area contributed by atoms with Crippen molar-refractivity contribution in [1.29, 1.82) is 0 Å². The minimum absolute atomic E-state index is 0.166. The average molecular weight is 369 g/mol. The highest BCUT2D eigenvalue weighted by Gasteiger charge is 2.13. The summed E-state index contributed by atoms with van der Waals surface area (Å²) in [6, 6.07) is 11.4. The summed E-state index contributed by atoms with van der Waals surface area (Å²) in [5.41, 5.74) is 0.903. The van der Waals surface area contributed by atoms with E-state index in [-0.39, 0.29) is 11.5 Å². The quantitative estimate of drug-likeness (QED) is 0.650. The number of anilines is 1. The Hall–Kier alpha value is -1.85. The second-order valence-corrected chi connectivity index (χ2v) is 5.54. The first-order chi connectivity index (χ1) is 9.95. The van der Waals surface area contributed by atoms with Gasteiger partial charge in [-0.2, -0.15) is 0 Å². The third kappa shape index (κ3) is 4.31. The van der Waals surface area contributed by atoms with E-state index >= 15 is 0 Å². The Morgan fingerprint density at radius 1 is 1.14 bits per heavy atom. The molecule has 0 aromatic heterocycles. The predicted molar refractivity (Wildman–Crippen MR) is 84.9 cm³/mol. The largest absolute Gasteiger partial charge is 0.423 e. The molecule has 0 radical (unpaired) electrons. The van der Waals surface area contributed by atoms with Crippen molar-refractivity contribution in [3.63, 3.8) is 0 Å². The van der Waals surface area contributed by atoms with Crippen molar-refractivity contribution in [3.05, 3.63) is 57.5 Å². The molecular formula is C15H11BrClNO3. The monoisotopic (exact) mass is 367 g/mol. The molecule has 0 heterocycles. The smallest absolute Gasteiger partial charge is 0.345 e. The fourth-order valence-electron chi connectivity index (χ4n) is 1.63. The summed E-state index contributed by atoms with van der Waals surface area (Å²) in [7, 11) is 0. The van der Waals surface area contributed by atoms with Crippen LogP contribution in [0.15, 0.2) is 46.9 Å². The first-order valence-corrected chi connectivity index (χ1v) is 7.17. The minimum Gasteiger partial charge on any atom is -0.423 e. The molecule has 4 nitrogen and oxygen atoms in total. The van der Waals surface area contributed by atoms with E-state index in [9.17, 15) is 9.59 Å². The Balaban J connectivity index is 2.12. The highest BCUT2D eigenvalue weighted by Crippen LogP contribution is 2.23. The normalized spacial score (nSPS) is 10.0. The van der Waals surface area contributed by atoms with Crippen LogP contribution in [0.2, 0.25) is 5.02 Å². The van der Waals surface area contributed by atoms with Crippen LogP contribution in [0.25, 0.3) is 0 Å². The van der Waals surface area contributed by atoms with Crippen LogP contribution < -0.4 is 10.1 Å². The zero-order valence-electron chi connectivity index (χ0n) is 11.0. The number of hydrogen-bond acceptors (Lipinski definition) is 3. The second-order valence-electron chi connectivity index (χ2n) is 4.22. The van der Waals surface area contributed by atoms with Crippen LogP contribution in [0.4, 0.5) is 5.69 Å². The van der Waals surface area contributed by atoms with Crippen LogP contribution in [0.1, 0.15) is 17.3 Å². The van der Waals surface area contributed by atoms with E-state index in [0.717, 1.165) is 4.47 Å². The van der Waals surface area contributed by atoms with Crippen molar-refractivity contribution in [2.75, 3.05) is 5.32 Å². The molecule has 0 fully saturated rings. The summed E-state index contributed by atoms with van der Waals surface area (Å²) < 4.78 is 5.98. The van der Waals surface area contributed by atoms with Gasteiger partial charge < -0.3 is 10.1 Å². The summed E-state index contributed by atoms with van der Waals surface area (Å²) in [4.78, 5) is 23.0. The number of hydrogen-bond donors (Lipinski definition) is 1. The topological polar surface area (TPSA) is 55.4 Å². The number of ether oxygens (including phenoxy) is 1. The van der Waals surface area contributed by atoms with Crippen LogP contribution in [-0.2, 0) is 4.79 Å². The highest BCUT2D eigenvalue weighted by atomic mass is 79.9. The zero-order chi connectivity index (χ0) is 15.4. The fourth-order valence-corrected chi connectivity index (χ4v) is 2.18. The van der Waals surface area contributed by atoms with Crippen molar-refractivity contribution in [3.8, 4) is 5.75 Å². The van der Waals surface area contributed by atoms with E-state index in [0.29, 0.717) is 16.5 Å². The number of amides is 1. The molecule has 0 bridgehead atoms. The molecule has 0 atom stereocenters. The van der Waals surface area contributed by atoms with E-state index in [4.69, 9.17) is 16.3 Å². The first-order valence-electron chi connectivity index (χ1n) is 6.00. The lowest BCUT2D eigenvalue weighted by Gasteiger charge is -2.07. The Morgan fingerprint density at radius 3 is 2.43 bits per heavy atom. The third-order valence-corrected chi connectivity index (χ3v) is 3.36. The molecule has 0 saturated carbocycles. The summed E-state index contributed by atoms with van der Waals surface area (Å²) >= 11 is 9.25. The number of halogens is 2. The molecule has 1 amide bonds. The van der Waals surface area contributed by atoms with Gasteiger partial charge in [-0.25, -0.2) is 4.79 Å². The second kappa shape index (κ2) is 6.74. The van der Waals surface area contributed by atoms with E-state index in [1.165, 1.54) is 6.92 Å². The van der Waals surface area contributed by atoms with Crippen LogP contribution in [0.3, 0.4) is 0 Å². The third-order valence-electron chi connectivity index (χ3n) is 2.53. The molecule has 0 aliphatic carbocycles. The van der Waals surface area contributed by atoms with Crippen molar-refractivity contribution in [1.82, 2.24) is 0 Å². The molecule has 0 unspecified atom stereocenters. The Morgan fingerprint density at radius 2 is 1.81 bits per heavy atom.